The summed E-state index contributed by atoms with van der Waals surface area (Å²) >= 11 is 0. The summed E-state index contributed by atoms with van der Waals surface area (Å²) in [6.45, 7) is 1.68. The Kier molecular flexibility index (Phi) is 4.06. The number of aliphatic carboxylic acids is 1. The van der Waals surface area contributed by atoms with Gasteiger partial charge in [0, 0.05) is 32.4 Å². The topological polar surface area (TPSA) is 73.7 Å². The molecule has 1 N–H and O–H groups in total. The third kappa shape index (κ3) is 3.25. The molecule has 1 amide bonds. The zero-order valence-corrected chi connectivity index (χ0v) is 10.3. The van der Waals surface area contributed by atoms with Gasteiger partial charge >= 0.3 is 5.97 Å². The highest BCUT2D eigenvalue weighted by Crippen LogP contribution is 2.10. The molecule has 1 aromatic rings. The van der Waals surface area contributed by atoms with E-state index in [1.54, 1.807) is 4.90 Å². The number of halogens is 1. The molecule has 2 rings (SSSR count). The lowest BCUT2D eigenvalue weighted by atomic mass is 10.2. The van der Waals surface area contributed by atoms with Gasteiger partial charge in [0.25, 0.3) is 5.91 Å². The van der Waals surface area contributed by atoms with Gasteiger partial charge in [-0.2, -0.15) is 4.39 Å². The fraction of sp³-hybridized carbons (Fsp3) is 0.417. The highest BCUT2D eigenvalue weighted by atomic mass is 19.1. The van der Waals surface area contributed by atoms with E-state index in [4.69, 9.17) is 5.11 Å². The number of hydrogen-bond donors (Lipinski definition) is 1. The standard InChI is InChI=1S/C12H14FN3O3/c13-11-9(2-1-3-14-11)12(19)16-6-4-15(5-7-16)8-10(17)18/h1-3H,4-8H2,(H,17,18). The van der Waals surface area contributed by atoms with Gasteiger partial charge in [0.1, 0.15) is 0 Å². The van der Waals surface area contributed by atoms with E-state index in [1.165, 1.54) is 23.2 Å². The van der Waals surface area contributed by atoms with Crippen molar-refractivity contribution < 1.29 is 19.1 Å². The van der Waals surface area contributed by atoms with Crippen molar-refractivity contribution in [2.75, 3.05) is 32.7 Å². The number of carbonyl (C=O) groups excluding carboxylic acids is 1. The van der Waals surface area contributed by atoms with E-state index in [2.05, 4.69) is 4.98 Å². The van der Waals surface area contributed by atoms with Crippen LogP contribution in [0.1, 0.15) is 10.4 Å². The van der Waals surface area contributed by atoms with Crippen LogP contribution in [-0.4, -0.2) is 64.5 Å². The Bertz CT molecular complexity index is 487. The first-order valence-electron chi connectivity index (χ1n) is 5.92. The molecule has 0 atom stereocenters. The van der Waals surface area contributed by atoms with Crippen LogP contribution < -0.4 is 0 Å². The number of amides is 1. The van der Waals surface area contributed by atoms with E-state index < -0.39 is 17.8 Å². The quantitative estimate of drug-likeness (QED) is 0.784. The lowest BCUT2D eigenvalue weighted by molar-refractivity contribution is -0.138. The Hall–Kier alpha value is -2.02. The van der Waals surface area contributed by atoms with Gasteiger partial charge < -0.3 is 10.0 Å². The van der Waals surface area contributed by atoms with E-state index in [9.17, 15) is 14.0 Å². The number of carboxylic acid groups (broad SMARTS) is 1. The van der Waals surface area contributed by atoms with E-state index in [1.807, 2.05) is 0 Å². The molecule has 1 aliphatic heterocycles. The second-order valence-corrected chi connectivity index (χ2v) is 4.30. The van der Waals surface area contributed by atoms with E-state index in [-0.39, 0.29) is 12.1 Å². The summed E-state index contributed by atoms with van der Waals surface area (Å²) in [5.41, 5.74) is -0.0471. The summed E-state index contributed by atoms with van der Waals surface area (Å²) in [7, 11) is 0. The first kappa shape index (κ1) is 13.4. The minimum atomic E-state index is -0.891. The summed E-state index contributed by atoms with van der Waals surface area (Å²) in [5, 5.41) is 8.68. The maximum atomic E-state index is 13.4. The smallest absolute Gasteiger partial charge is 0.317 e. The number of aromatic nitrogens is 1. The second-order valence-electron chi connectivity index (χ2n) is 4.30. The number of carbonyl (C=O) groups is 2. The molecule has 7 heteroatoms. The first-order valence-corrected chi connectivity index (χ1v) is 5.92. The molecule has 0 bridgehead atoms. The van der Waals surface area contributed by atoms with Crippen molar-refractivity contribution in [3.05, 3.63) is 29.8 Å². The van der Waals surface area contributed by atoms with Crippen molar-refractivity contribution in [1.29, 1.82) is 0 Å². The minimum Gasteiger partial charge on any atom is -0.480 e. The van der Waals surface area contributed by atoms with Crippen molar-refractivity contribution >= 4 is 11.9 Å². The zero-order valence-electron chi connectivity index (χ0n) is 10.3. The van der Waals surface area contributed by atoms with Gasteiger partial charge in [-0.05, 0) is 12.1 Å². The molecule has 0 saturated carbocycles. The third-order valence-corrected chi connectivity index (χ3v) is 3.01. The van der Waals surface area contributed by atoms with Gasteiger partial charge in [0.15, 0.2) is 0 Å². The normalized spacial score (nSPS) is 16.4. The molecule has 19 heavy (non-hydrogen) atoms. The highest BCUT2D eigenvalue weighted by molar-refractivity contribution is 5.94. The van der Waals surface area contributed by atoms with Crippen LogP contribution in [0, 0.1) is 5.95 Å². The summed E-state index contributed by atoms with van der Waals surface area (Å²) in [6, 6.07) is 2.91. The Morgan fingerprint density at radius 2 is 2.00 bits per heavy atom. The van der Waals surface area contributed by atoms with Gasteiger partial charge in [-0.1, -0.05) is 0 Å². The fourth-order valence-electron chi connectivity index (χ4n) is 2.02. The van der Waals surface area contributed by atoms with Crippen molar-refractivity contribution in [2.45, 2.75) is 0 Å². The predicted molar refractivity (Wildman–Crippen MR) is 64.2 cm³/mol. The van der Waals surface area contributed by atoms with Crippen molar-refractivity contribution in [3.63, 3.8) is 0 Å². The molecule has 0 unspecified atom stereocenters. The Labute approximate surface area is 109 Å². The number of piperazine rings is 1. The lowest BCUT2D eigenvalue weighted by Crippen LogP contribution is -2.50. The van der Waals surface area contributed by atoms with Gasteiger partial charge in [-0.3, -0.25) is 14.5 Å². The third-order valence-electron chi connectivity index (χ3n) is 3.01. The molecule has 6 nitrogen and oxygen atoms in total. The van der Waals surface area contributed by atoms with Crippen LogP contribution in [0.25, 0.3) is 0 Å². The highest BCUT2D eigenvalue weighted by Gasteiger charge is 2.24. The summed E-state index contributed by atoms with van der Waals surface area (Å²) in [6.07, 6.45) is 1.29. The molecule has 1 saturated heterocycles. The molecule has 102 valence electrons. The van der Waals surface area contributed by atoms with Gasteiger partial charge in [0.05, 0.1) is 12.1 Å². The van der Waals surface area contributed by atoms with Crippen molar-refractivity contribution in [2.24, 2.45) is 0 Å². The maximum absolute atomic E-state index is 13.4. The number of pyridine rings is 1. The average Bonchev–Trinajstić information content (AvgIpc) is 2.39. The molecular formula is C12H14FN3O3. The van der Waals surface area contributed by atoms with Crippen LogP contribution in [0.5, 0.6) is 0 Å². The minimum absolute atomic E-state index is 0.0384. The summed E-state index contributed by atoms with van der Waals surface area (Å²) < 4.78 is 13.4. The molecule has 0 aliphatic carbocycles. The van der Waals surface area contributed by atoms with Crippen LogP contribution in [0.15, 0.2) is 18.3 Å². The van der Waals surface area contributed by atoms with Gasteiger partial charge in [-0.25, -0.2) is 4.98 Å². The monoisotopic (exact) mass is 267 g/mol. The van der Waals surface area contributed by atoms with Crippen molar-refractivity contribution in [1.82, 2.24) is 14.8 Å². The van der Waals surface area contributed by atoms with E-state index >= 15 is 0 Å². The van der Waals surface area contributed by atoms with Crippen LogP contribution in [0.2, 0.25) is 0 Å². The Morgan fingerprint density at radius 3 is 2.58 bits per heavy atom. The summed E-state index contributed by atoms with van der Waals surface area (Å²) in [4.78, 5) is 29.3. The Balaban J connectivity index is 1.96. The van der Waals surface area contributed by atoms with Gasteiger partial charge in [0.2, 0.25) is 5.95 Å². The molecule has 1 aromatic heterocycles. The van der Waals surface area contributed by atoms with Crippen molar-refractivity contribution in [3.8, 4) is 0 Å². The molecule has 0 spiro atoms. The largest absolute Gasteiger partial charge is 0.480 e. The van der Waals surface area contributed by atoms with Crippen LogP contribution in [0.4, 0.5) is 4.39 Å². The van der Waals surface area contributed by atoms with E-state index in [0.717, 1.165) is 0 Å². The molecule has 1 fully saturated rings. The van der Waals surface area contributed by atoms with Gasteiger partial charge in [-0.15, -0.1) is 0 Å². The number of nitrogens with zero attached hydrogens (tertiary/aromatic N) is 3. The number of hydrogen-bond acceptors (Lipinski definition) is 4. The summed E-state index contributed by atoms with van der Waals surface area (Å²) in [5.74, 6) is -2.07. The Morgan fingerprint density at radius 1 is 1.32 bits per heavy atom. The predicted octanol–water partition coefficient (Wildman–Crippen LogP) is 0.0631. The molecule has 1 aliphatic rings. The molecule has 0 aromatic carbocycles. The van der Waals surface area contributed by atoms with Crippen LogP contribution in [0.3, 0.4) is 0 Å². The van der Waals surface area contributed by atoms with Crippen LogP contribution in [-0.2, 0) is 4.79 Å². The SMILES string of the molecule is O=C(O)CN1CCN(C(=O)c2cccnc2F)CC1. The van der Waals surface area contributed by atoms with Crippen LogP contribution >= 0.6 is 0 Å². The maximum Gasteiger partial charge on any atom is 0.317 e. The molecule has 2 heterocycles. The first-order chi connectivity index (χ1) is 9.08. The second kappa shape index (κ2) is 5.75. The number of rotatable bonds is 3. The zero-order chi connectivity index (χ0) is 13.8. The number of carboxylic acids is 1. The molecule has 0 radical (unpaired) electrons. The van der Waals surface area contributed by atoms with E-state index in [0.29, 0.717) is 26.2 Å². The molecular weight excluding hydrogens is 253 g/mol. The average molecular weight is 267 g/mol. The fourth-order valence-corrected chi connectivity index (χ4v) is 2.02. The lowest BCUT2D eigenvalue weighted by Gasteiger charge is -2.33.